The number of benzene rings is 1. The molecule has 0 spiro atoms. The summed E-state index contributed by atoms with van der Waals surface area (Å²) in [6.07, 6.45) is 1.40. The van der Waals surface area contributed by atoms with Crippen molar-refractivity contribution >= 4 is 17.5 Å². The molecule has 0 aliphatic rings. The summed E-state index contributed by atoms with van der Waals surface area (Å²) in [6.45, 7) is 1.51. The molecular formula is C15H23ClN2O3. The van der Waals surface area contributed by atoms with Gasteiger partial charge in [0.25, 0.3) is 0 Å². The first-order chi connectivity index (χ1) is 10.0. The summed E-state index contributed by atoms with van der Waals surface area (Å²) in [7, 11) is 3.36. The van der Waals surface area contributed by atoms with Crippen LogP contribution in [0.25, 0.3) is 0 Å². The van der Waals surface area contributed by atoms with Gasteiger partial charge in [-0.15, -0.1) is 0 Å². The van der Waals surface area contributed by atoms with Crippen molar-refractivity contribution in [1.29, 1.82) is 0 Å². The number of nitrogens with zero attached hydrogens (tertiary/aromatic N) is 1. The lowest BCUT2D eigenvalue weighted by Crippen LogP contribution is -2.43. The van der Waals surface area contributed by atoms with Gasteiger partial charge in [-0.25, -0.2) is 0 Å². The van der Waals surface area contributed by atoms with E-state index in [2.05, 4.69) is 0 Å². The summed E-state index contributed by atoms with van der Waals surface area (Å²) in [4.78, 5) is 13.6. The highest BCUT2D eigenvalue weighted by Crippen LogP contribution is 2.15. The lowest BCUT2D eigenvalue weighted by molar-refractivity contribution is -0.131. The summed E-state index contributed by atoms with van der Waals surface area (Å²) in [5, 5.41) is 0.664. The van der Waals surface area contributed by atoms with Gasteiger partial charge in [0.1, 0.15) is 12.4 Å². The number of hydrogen-bond donors (Lipinski definition) is 1. The van der Waals surface area contributed by atoms with Gasteiger partial charge in [0.05, 0.1) is 12.6 Å². The fourth-order valence-corrected chi connectivity index (χ4v) is 1.92. The molecule has 2 N–H and O–H groups in total. The Labute approximate surface area is 131 Å². The number of nitrogens with two attached hydrogens (primary N) is 1. The van der Waals surface area contributed by atoms with Gasteiger partial charge in [0.2, 0.25) is 5.91 Å². The van der Waals surface area contributed by atoms with Gasteiger partial charge in [0, 0.05) is 25.8 Å². The topological polar surface area (TPSA) is 64.8 Å². The van der Waals surface area contributed by atoms with Gasteiger partial charge in [-0.3, -0.25) is 4.79 Å². The third-order valence-corrected chi connectivity index (χ3v) is 3.32. The Morgan fingerprint density at radius 3 is 2.62 bits per heavy atom. The average Bonchev–Trinajstić information content (AvgIpc) is 2.48. The highest BCUT2D eigenvalue weighted by Gasteiger charge is 2.17. The molecule has 1 rings (SSSR count). The van der Waals surface area contributed by atoms with Crippen LogP contribution in [-0.4, -0.2) is 50.8 Å². The molecule has 0 aliphatic heterocycles. The molecule has 1 amide bonds. The molecule has 1 aromatic rings. The lowest BCUT2D eigenvalue weighted by atomic mass is 10.1. The van der Waals surface area contributed by atoms with Crippen molar-refractivity contribution in [2.45, 2.75) is 18.9 Å². The standard InChI is InChI=1S/C15H23ClN2O3/c1-18(15(19)14(17)4-3-10-20-2)9-11-21-13-7-5-12(16)6-8-13/h5-8,14H,3-4,9-11,17H2,1-2H3. The maximum atomic E-state index is 12.0. The number of carbonyl (C=O) groups is 1. The molecule has 0 saturated carbocycles. The van der Waals surface area contributed by atoms with Crippen LogP contribution in [0.15, 0.2) is 24.3 Å². The van der Waals surface area contributed by atoms with Crippen molar-refractivity contribution in [3.05, 3.63) is 29.3 Å². The summed E-state index contributed by atoms with van der Waals surface area (Å²) < 4.78 is 10.5. The van der Waals surface area contributed by atoms with Crippen molar-refractivity contribution in [1.82, 2.24) is 4.90 Å². The van der Waals surface area contributed by atoms with Crippen LogP contribution in [0.3, 0.4) is 0 Å². The number of amides is 1. The number of likely N-dealkylation sites (N-methyl/N-ethyl adjacent to an activating group) is 1. The van der Waals surface area contributed by atoms with Crippen LogP contribution in [0.5, 0.6) is 5.75 Å². The number of methoxy groups -OCH3 is 1. The van der Waals surface area contributed by atoms with Crippen LogP contribution < -0.4 is 10.5 Å². The van der Waals surface area contributed by atoms with Crippen LogP contribution in [0, 0.1) is 0 Å². The summed E-state index contributed by atoms with van der Waals surface area (Å²) >= 11 is 5.79. The Bertz CT molecular complexity index is 425. The first-order valence-electron chi connectivity index (χ1n) is 6.92. The highest BCUT2D eigenvalue weighted by atomic mass is 35.5. The maximum absolute atomic E-state index is 12.0. The molecule has 1 aromatic carbocycles. The van der Waals surface area contributed by atoms with Crippen molar-refractivity contribution < 1.29 is 14.3 Å². The smallest absolute Gasteiger partial charge is 0.239 e. The minimum atomic E-state index is -0.485. The quantitative estimate of drug-likeness (QED) is 0.707. The van der Waals surface area contributed by atoms with Crippen molar-refractivity contribution in [2.75, 3.05) is 33.9 Å². The molecule has 6 heteroatoms. The number of ether oxygens (including phenoxy) is 2. The van der Waals surface area contributed by atoms with Crippen LogP contribution in [-0.2, 0) is 9.53 Å². The molecule has 0 aliphatic carbocycles. The highest BCUT2D eigenvalue weighted by molar-refractivity contribution is 6.30. The zero-order valence-corrected chi connectivity index (χ0v) is 13.3. The van der Waals surface area contributed by atoms with E-state index in [4.69, 9.17) is 26.8 Å². The predicted octanol–water partition coefficient (Wildman–Crippen LogP) is 1.93. The van der Waals surface area contributed by atoms with Crippen molar-refractivity contribution in [2.24, 2.45) is 5.73 Å². The zero-order valence-electron chi connectivity index (χ0n) is 12.5. The second kappa shape index (κ2) is 9.60. The monoisotopic (exact) mass is 314 g/mol. The van der Waals surface area contributed by atoms with E-state index in [1.807, 2.05) is 0 Å². The fraction of sp³-hybridized carbons (Fsp3) is 0.533. The molecule has 1 unspecified atom stereocenters. The Hall–Kier alpha value is -1.30. The molecule has 0 aromatic heterocycles. The molecule has 1 atom stereocenters. The minimum Gasteiger partial charge on any atom is -0.492 e. The van der Waals surface area contributed by atoms with Crippen molar-refractivity contribution in [3.8, 4) is 5.75 Å². The molecule has 0 radical (unpaired) electrons. The van der Waals surface area contributed by atoms with Crippen molar-refractivity contribution in [3.63, 3.8) is 0 Å². The molecule has 118 valence electrons. The second-order valence-corrected chi connectivity index (χ2v) is 5.24. The van der Waals surface area contributed by atoms with E-state index in [0.717, 1.165) is 12.2 Å². The summed E-state index contributed by atoms with van der Waals surface area (Å²) in [5.74, 6) is 0.649. The number of hydrogen-bond acceptors (Lipinski definition) is 4. The Morgan fingerprint density at radius 1 is 1.33 bits per heavy atom. The van der Waals surface area contributed by atoms with Gasteiger partial charge in [-0.2, -0.15) is 0 Å². The summed E-state index contributed by atoms with van der Waals surface area (Å²) in [5.41, 5.74) is 5.86. The molecule has 21 heavy (non-hydrogen) atoms. The maximum Gasteiger partial charge on any atom is 0.239 e. The molecular weight excluding hydrogens is 292 g/mol. The third kappa shape index (κ3) is 6.80. The van der Waals surface area contributed by atoms with Gasteiger partial charge in [0.15, 0.2) is 0 Å². The Kier molecular flexibility index (Phi) is 8.12. The van der Waals surface area contributed by atoms with Gasteiger partial charge in [-0.05, 0) is 37.1 Å². The minimum absolute atomic E-state index is 0.0780. The van der Waals surface area contributed by atoms with E-state index in [1.165, 1.54) is 0 Å². The van der Waals surface area contributed by atoms with E-state index >= 15 is 0 Å². The Morgan fingerprint density at radius 2 is 2.00 bits per heavy atom. The first kappa shape index (κ1) is 17.8. The van der Waals surface area contributed by atoms with E-state index < -0.39 is 6.04 Å². The molecule has 0 saturated heterocycles. The van der Waals surface area contributed by atoms with Crippen LogP contribution >= 0.6 is 11.6 Å². The van der Waals surface area contributed by atoms with E-state index in [1.54, 1.807) is 43.3 Å². The Balaban J connectivity index is 2.27. The molecule has 0 fully saturated rings. The SMILES string of the molecule is COCCCC(N)C(=O)N(C)CCOc1ccc(Cl)cc1. The molecule has 0 heterocycles. The summed E-state index contributed by atoms with van der Waals surface area (Å²) in [6, 6.07) is 6.62. The van der Waals surface area contributed by atoms with E-state index in [0.29, 0.717) is 31.2 Å². The van der Waals surface area contributed by atoms with E-state index in [-0.39, 0.29) is 5.91 Å². The molecule has 0 bridgehead atoms. The normalized spacial score (nSPS) is 12.0. The van der Waals surface area contributed by atoms with Gasteiger partial charge in [-0.1, -0.05) is 11.6 Å². The van der Waals surface area contributed by atoms with E-state index in [9.17, 15) is 4.79 Å². The fourth-order valence-electron chi connectivity index (χ4n) is 1.80. The third-order valence-electron chi connectivity index (χ3n) is 3.07. The van der Waals surface area contributed by atoms with Crippen LogP contribution in [0.2, 0.25) is 5.02 Å². The zero-order chi connectivity index (χ0) is 15.7. The van der Waals surface area contributed by atoms with Gasteiger partial charge >= 0.3 is 0 Å². The number of carbonyl (C=O) groups excluding carboxylic acids is 1. The lowest BCUT2D eigenvalue weighted by Gasteiger charge is -2.21. The van der Waals surface area contributed by atoms with Crippen LogP contribution in [0.4, 0.5) is 0 Å². The number of halogens is 1. The number of rotatable bonds is 9. The first-order valence-corrected chi connectivity index (χ1v) is 7.30. The van der Waals surface area contributed by atoms with Crippen LogP contribution in [0.1, 0.15) is 12.8 Å². The van der Waals surface area contributed by atoms with Gasteiger partial charge < -0.3 is 20.1 Å². The average molecular weight is 315 g/mol. The predicted molar refractivity (Wildman–Crippen MR) is 83.7 cm³/mol. The molecule has 5 nitrogen and oxygen atoms in total. The largest absolute Gasteiger partial charge is 0.492 e. The second-order valence-electron chi connectivity index (χ2n) is 4.80.